The van der Waals surface area contributed by atoms with Crippen LogP contribution in [-0.4, -0.2) is 43.4 Å². The van der Waals surface area contributed by atoms with E-state index in [-0.39, 0.29) is 5.75 Å². The fraction of sp³-hybridized carbons (Fsp3) is 0.211. The Hall–Kier alpha value is -2.91. The molecule has 0 atom stereocenters. The Bertz CT molecular complexity index is 1010. The Morgan fingerprint density at radius 1 is 1.17 bits per heavy atom. The molecule has 1 heterocycles. The first-order valence-electron chi connectivity index (χ1n) is 8.35. The highest BCUT2D eigenvalue weighted by atomic mass is 35.5. The van der Waals surface area contributed by atoms with Gasteiger partial charge >= 0.3 is 5.97 Å². The predicted molar refractivity (Wildman–Crippen MR) is 109 cm³/mol. The SMILES string of the molecule is COc1cc(NC(=O)COC(=O)CSc2nc3ccccc3o2)c(OC)cc1Cl. The molecule has 0 spiro atoms. The fourth-order valence-corrected chi connectivity index (χ4v) is 3.23. The molecule has 0 bridgehead atoms. The van der Waals surface area contributed by atoms with Crippen molar-refractivity contribution in [2.45, 2.75) is 5.22 Å². The Kier molecular flexibility index (Phi) is 6.84. The Morgan fingerprint density at radius 3 is 2.66 bits per heavy atom. The van der Waals surface area contributed by atoms with Gasteiger partial charge in [-0.2, -0.15) is 0 Å². The highest BCUT2D eigenvalue weighted by molar-refractivity contribution is 7.99. The van der Waals surface area contributed by atoms with Gasteiger partial charge in [0.1, 0.15) is 22.8 Å². The van der Waals surface area contributed by atoms with Crippen molar-refractivity contribution in [2.75, 3.05) is 31.9 Å². The lowest BCUT2D eigenvalue weighted by molar-refractivity contribution is -0.144. The lowest BCUT2D eigenvalue weighted by Gasteiger charge is -2.13. The molecule has 10 heteroatoms. The van der Waals surface area contributed by atoms with Crippen LogP contribution < -0.4 is 14.8 Å². The van der Waals surface area contributed by atoms with Crippen molar-refractivity contribution in [3.8, 4) is 11.5 Å². The number of esters is 1. The number of oxazole rings is 1. The van der Waals surface area contributed by atoms with E-state index < -0.39 is 18.5 Å². The van der Waals surface area contributed by atoms with Crippen molar-refractivity contribution in [1.29, 1.82) is 0 Å². The molecular formula is C19H17ClN2O6S. The molecule has 3 rings (SSSR count). The number of methoxy groups -OCH3 is 2. The molecule has 8 nitrogen and oxygen atoms in total. The van der Waals surface area contributed by atoms with Gasteiger partial charge in [-0.25, -0.2) is 4.98 Å². The molecular weight excluding hydrogens is 420 g/mol. The molecule has 0 unspecified atom stereocenters. The van der Waals surface area contributed by atoms with E-state index in [1.165, 1.54) is 26.4 Å². The number of carbonyl (C=O) groups excluding carboxylic acids is 2. The number of anilines is 1. The molecule has 0 aliphatic rings. The number of rotatable bonds is 8. The van der Waals surface area contributed by atoms with E-state index in [1.807, 2.05) is 18.2 Å². The lowest BCUT2D eigenvalue weighted by Crippen LogP contribution is -2.22. The van der Waals surface area contributed by atoms with Crippen LogP contribution in [0, 0.1) is 0 Å². The van der Waals surface area contributed by atoms with Crippen LogP contribution in [-0.2, 0) is 14.3 Å². The minimum absolute atomic E-state index is 0.0435. The summed E-state index contributed by atoms with van der Waals surface area (Å²) >= 11 is 7.12. The summed E-state index contributed by atoms with van der Waals surface area (Å²) in [6.45, 7) is -0.457. The first-order chi connectivity index (χ1) is 14.0. The normalized spacial score (nSPS) is 10.6. The van der Waals surface area contributed by atoms with E-state index in [1.54, 1.807) is 6.07 Å². The van der Waals surface area contributed by atoms with E-state index in [0.717, 1.165) is 11.8 Å². The zero-order valence-corrected chi connectivity index (χ0v) is 17.1. The van der Waals surface area contributed by atoms with Gasteiger partial charge < -0.3 is 23.9 Å². The summed E-state index contributed by atoms with van der Waals surface area (Å²) in [6, 6.07) is 10.3. The largest absolute Gasteiger partial charge is 0.495 e. The molecule has 1 aromatic heterocycles. The van der Waals surface area contributed by atoms with Crippen LogP contribution in [0.3, 0.4) is 0 Å². The highest BCUT2D eigenvalue weighted by Crippen LogP contribution is 2.35. The highest BCUT2D eigenvalue weighted by Gasteiger charge is 2.15. The number of para-hydroxylation sites is 2. The van der Waals surface area contributed by atoms with Crippen molar-refractivity contribution in [2.24, 2.45) is 0 Å². The zero-order valence-electron chi connectivity index (χ0n) is 15.6. The number of ether oxygens (including phenoxy) is 3. The molecule has 0 aliphatic carbocycles. The molecule has 1 N–H and O–H groups in total. The molecule has 2 aromatic carbocycles. The average molecular weight is 437 g/mol. The summed E-state index contributed by atoms with van der Waals surface area (Å²) < 4.78 is 20.8. The molecule has 3 aromatic rings. The van der Waals surface area contributed by atoms with Crippen molar-refractivity contribution in [3.05, 3.63) is 41.4 Å². The fourth-order valence-electron chi connectivity index (χ4n) is 2.37. The molecule has 0 saturated carbocycles. The smallest absolute Gasteiger partial charge is 0.316 e. The third-order valence-electron chi connectivity index (χ3n) is 3.70. The summed E-state index contributed by atoms with van der Waals surface area (Å²) in [5.41, 5.74) is 1.68. The number of carbonyl (C=O) groups is 2. The van der Waals surface area contributed by atoms with Crippen molar-refractivity contribution in [3.63, 3.8) is 0 Å². The van der Waals surface area contributed by atoms with Crippen LogP contribution >= 0.6 is 23.4 Å². The van der Waals surface area contributed by atoms with Crippen LogP contribution in [0.2, 0.25) is 5.02 Å². The predicted octanol–water partition coefficient (Wildman–Crippen LogP) is 3.77. The van der Waals surface area contributed by atoms with E-state index >= 15 is 0 Å². The van der Waals surface area contributed by atoms with Gasteiger partial charge in [0.15, 0.2) is 12.2 Å². The van der Waals surface area contributed by atoms with Crippen LogP contribution in [0.25, 0.3) is 11.1 Å². The van der Waals surface area contributed by atoms with E-state index in [9.17, 15) is 9.59 Å². The number of aromatic nitrogens is 1. The van der Waals surface area contributed by atoms with Gasteiger partial charge in [-0.05, 0) is 12.1 Å². The summed E-state index contributed by atoms with van der Waals surface area (Å²) in [4.78, 5) is 28.3. The number of nitrogens with zero attached hydrogens (tertiary/aromatic N) is 1. The standard InChI is InChI=1S/C19H17ClN2O6S/c1-25-15-8-13(16(26-2)7-11(15)20)21-17(23)9-27-18(24)10-29-19-22-12-5-3-4-6-14(12)28-19/h3-8H,9-10H2,1-2H3,(H,21,23). The van der Waals surface area contributed by atoms with Gasteiger partial charge in [0.25, 0.3) is 11.1 Å². The average Bonchev–Trinajstić information content (AvgIpc) is 3.14. The number of fused-ring (bicyclic) bond motifs is 1. The minimum atomic E-state index is -0.576. The summed E-state index contributed by atoms with van der Waals surface area (Å²) in [6.07, 6.45) is 0. The van der Waals surface area contributed by atoms with E-state index in [0.29, 0.717) is 38.5 Å². The number of hydrogen-bond donors (Lipinski definition) is 1. The second-order valence-corrected chi connectivity index (χ2v) is 6.97. The monoisotopic (exact) mass is 436 g/mol. The van der Waals surface area contributed by atoms with Crippen LogP contribution in [0.4, 0.5) is 5.69 Å². The number of benzene rings is 2. The third-order valence-corrected chi connectivity index (χ3v) is 4.80. The van der Waals surface area contributed by atoms with Crippen molar-refractivity contribution >= 4 is 52.0 Å². The molecule has 0 fully saturated rings. The minimum Gasteiger partial charge on any atom is -0.495 e. The van der Waals surface area contributed by atoms with Gasteiger partial charge in [0.2, 0.25) is 0 Å². The quantitative estimate of drug-likeness (QED) is 0.420. The zero-order chi connectivity index (χ0) is 20.8. The maximum absolute atomic E-state index is 12.1. The number of thioether (sulfide) groups is 1. The van der Waals surface area contributed by atoms with Crippen LogP contribution in [0.1, 0.15) is 0 Å². The molecule has 152 valence electrons. The second-order valence-electron chi connectivity index (χ2n) is 5.63. The van der Waals surface area contributed by atoms with Gasteiger partial charge in [-0.1, -0.05) is 35.5 Å². The molecule has 1 amide bonds. The van der Waals surface area contributed by atoms with Gasteiger partial charge in [-0.3, -0.25) is 9.59 Å². The van der Waals surface area contributed by atoms with E-state index in [4.69, 9.17) is 30.2 Å². The van der Waals surface area contributed by atoms with Gasteiger partial charge in [0.05, 0.1) is 24.9 Å². The Labute approximate surface area is 175 Å². The molecule has 0 saturated heterocycles. The number of nitrogens with one attached hydrogen (secondary N) is 1. The first kappa shape index (κ1) is 20.8. The third kappa shape index (κ3) is 5.33. The maximum Gasteiger partial charge on any atom is 0.316 e. The molecule has 0 aliphatic heterocycles. The summed E-state index contributed by atoms with van der Waals surface area (Å²) in [5.74, 6) is -0.435. The number of amides is 1. The lowest BCUT2D eigenvalue weighted by atomic mass is 10.2. The van der Waals surface area contributed by atoms with Crippen molar-refractivity contribution < 1.29 is 28.2 Å². The number of hydrogen-bond acceptors (Lipinski definition) is 8. The maximum atomic E-state index is 12.1. The summed E-state index contributed by atoms with van der Waals surface area (Å²) in [5, 5.41) is 3.28. The van der Waals surface area contributed by atoms with Crippen LogP contribution in [0.15, 0.2) is 46.0 Å². The Morgan fingerprint density at radius 2 is 1.93 bits per heavy atom. The Balaban J connectivity index is 1.50. The summed E-state index contributed by atoms with van der Waals surface area (Å²) in [7, 11) is 2.90. The van der Waals surface area contributed by atoms with Crippen LogP contribution in [0.5, 0.6) is 11.5 Å². The van der Waals surface area contributed by atoms with Crippen molar-refractivity contribution in [1.82, 2.24) is 4.98 Å². The molecule has 0 radical (unpaired) electrons. The topological polar surface area (TPSA) is 99.9 Å². The van der Waals surface area contributed by atoms with E-state index in [2.05, 4.69) is 10.3 Å². The number of halogens is 1. The molecule has 29 heavy (non-hydrogen) atoms. The van der Waals surface area contributed by atoms with Gasteiger partial charge in [-0.15, -0.1) is 0 Å². The van der Waals surface area contributed by atoms with Gasteiger partial charge in [0, 0.05) is 12.1 Å². The first-order valence-corrected chi connectivity index (χ1v) is 9.72. The second kappa shape index (κ2) is 9.53.